The summed E-state index contributed by atoms with van der Waals surface area (Å²) >= 11 is 0. The van der Waals surface area contributed by atoms with Crippen LogP contribution in [0.25, 0.3) is 0 Å². The first-order valence-electron chi connectivity index (χ1n) is 6.95. The molecule has 120 valence electrons. The van der Waals surface area contributed by atoms with Crippen LogP contribution in [0.15, 0.2) is 41.3 Å². The number of benzene rings is 2. The number of amides is 1. The Morgan fingerprint density at radius 3 is 2.43 bits per heavy atom. The highest BCUT2D eigenvalue weighted by molar-refractivity contribution is 7.89. The van der Waals surface area contributed by atoms with Crippen LogP contribution in [0.2, 0.25) is 0 Å². The number of nitrogens with zero attached hydrogens (tertiary/aromatic N) is 1. The average Bonchev–Trinajstić information content (AvgIpc) is 2.62. The van der Waals surface area contributed by atoms with Gasteiger partial charge in [0.1, 0.15) is 5.75 Å². The molecule has 3 rings (SSSR count). The molecule has 0 saturated carbocycles. The van der Waals surface area contributed by atoms with Gasteiger partial charge >= 0.3 is 0 Å². The van der Waals surface area contributed by atoms with Gasteiger partial charge < -0.3 is 10.1 Å². The maximum Gasteiger partial charge on any atom is 0.259 e. The van der Waals surface area contributed by atoms with Crippen molar-refractivity contribution in [3.05, 3.63) is 47.5 Å². The summed E-state index contributed by atoms with van der Waals surface area (Å²) < 4.78 is 31.3. The lowest BCUT2D eigenvalue weighted by molar-refractivity contribution is 0.102. The maximum atomic E-state index is 12.4. The predicted molar refractivity (Wildman–Crippen MR) is 86.5 cm³/mol. The van der Waals surface area contributed by atoms with Crippen LogP contribution in [-0.4, -0.2) is 32.7 Å². The molecule has 0 bridgehead atoms. The zero-order valence-electron chi connectivity index (χ0n) is 13.0. The zero-order valence-corrected chi connectivity index (χ0v) is 13.8. The first-order valence-corrected chi connectivity index (χ1v) is 8.39. The summed E-state index contributed by atoms with van der Waals surface area (Å²) in [5.41, 5.74) is 1.72. The van der Waals surface area contributed by atoms with Gasteiger partial charge in [-0.2, -0.15) is 0 Å². The van der Waals surface area contributed by atoms with Gasteiger partial charge in [0.25, 0.3) is 5.91 Å². The second-order valence-electron chi connectivity index (χ2n) is 5.50. The Morgan fingerprint density at radius 1 is 1.04 bits per heavy atom. The summed E-state index contributed by atoms with van der Waals surface area (Å²) in [4.78, 5) is 12.5. The molecule has 1 heterocycles. The molecule has 0 saturated heterocycles. The fraction of sp³-hybridized carbons (Fsp3) is 0.188. The molecule has 0 atom stereocenters. The van der Waals surface area contributed by atoms with Crippen LogP contribution in [0.4, 0.5) is 5.69 Å². The number of aryl methyl sites for hydroxylation is 1. The number of hydrogen-bond donors (Lipinski definition) is 1. The van der Waals surface area contributed by atoms with E-state index in [0.717, 1.165) is 9.87 Å². The van der Waals surface area contributed by atoms with Gasteiger partial charge in [-0.25, -0.2) is 12.7 Å². The topological polar surface area (TPSA) is 75.7 Å². The van der Waals surface area contributed by atoms with Crippen LogP contribution in [-0.2, 0) is 10.0 Å². The van der Waals surface area contributed by atoms with Crippen LogP contribution in [0.1, 0.15) is 15.9 Å². The van der Waals surface area contributed by atoms with E-state index < -0.39 is 15.9 Å². The highest BCUT2D eigenvalue weighted by atomic mass is 32.2. The summed E-state index contributed by atoms with van der Waals surface area (Å²) in [5, 5.41) is 2.75. The van der Waals surface area contributed by atoms with Crippen molar-refractivity contribution >= 4 is 21.6 Å². The Bertz CT molecular complexity index is 904. The van der Waals surface area contributed by atoms with Crippen molar-refractivity contribution in [1.82, 2.24) is 4.31 Å². The smallest absolute Gasteiger partial charge is 0.259 e. The largest absolute Gasteiger partial charge is 0.454 e. The van der Waals surface area contributed by atoms with E-state index >= 15 is 0 Å². The molecule has 23 heavy (non-hydrogen) atoms. The number of nitrogens with one attached hydrogen (secondary N) is 1. The molecule has 0 aliphatic carbocycles. The van der Waals surface area contributed by atoms with Crippen molar-refractivity contribution in [2.24, 2.45) is 0 Å². The Kier molecular flexibility index (Phi) is 3.62. The summed E-state index contributed by atoms with van der Waals surface area (Å²) in [6, 6.07) is 9.71. The van der Waals surface area contributed by atoms with Crippen molar-refractivity contribution in [2.75, 3.05) is 19.4 Å². The van der Waals surface area contributed by atoms with Crippen molar-refractivity contribution in [3.8, 4) is 11.5 Å². The summed E-state index contributed by atoms with van der Waals surface area (Å²) in [6.45, 7) is 1.91. The summed E-state index contributed by atoms with van der Waals surface area (Å²) in [5.74, 6) is 0.439. The molecule has 0 spiro atoms. The number of anilines is 1. The third-order valence-corrected chi connectivity index (χ3v) is 5.39. The van der Waals surface area contributed by atoms with Gasteiger partial charge in [0, 0.05) is 14.1 Å². The molecule has 0 aromatic heterocycles. The lowest BCUT2D eigenvalue weighted by Crippen LogP contribution is -2.22. The maximum absolute atomic E-state index is 12.4. The molecule has 1 N–H and O–H groups in total. The molecule has 2 aromatic rings. The van der Waals surface area contributed by atoms with Crippen LogP contribution >= 0.6 is 0 Å². The van der Waals surface area contributed by atoms with Crippen molar-refractivity contribution < 1.29 is 17.9 Å². The Labute approximate surface area is 134 Å². The third kappa shape index (κ3) is 2.69. The van der Waals surface area contributed by atoms with E-state index in [-0.39, 0.29) is 10.5 Å². The molecular weight excluding hydrogens is 316 g/mol. The Balaban J connectivity index is 2.11. The quantitative estimate of drug-likeness (QED) is 0.917. The highest BCUT2D eigenvalue weighted by Gasteiger charge is 2.25. The van der Waals surface area contributed by atoms with E-state index in [4.69, 9.17) is 4.74 Å². The van der Waals surface area contributed by atoms with Crippen LogP contribution < -0.4 is 10.1 Å². The first-order chi connectivity index (χ1) is 10.8. The van der Waals surface area contributed by atoms with E-state index in [1.54, 1.807) is 12.1 Å². The highest BCUT2D eigenvalue weighted by Crippen LogP contribution is 2.37. The SMILES string of the molecule is Cc1ccc2c(c1)NC(=O)c1cc(S(=O)(=O)N(C)C)ccc1O2. The van der Waals surface area contributed by atoms with E-state index in [0.29, 0.717) is 17.2 Å². The Hall–Kier alpha value is -2.38. The molecule has 0 fully saturated rings. The second-order valence-corrected chi connectivity index (χ2v) is 7.65. The van der Waals surface area contributed by atoms with Gasteiger partial charge in [-0.1, -0.05) is 6.07 Å². The first kappa shape index (κ1) is 15.5. The van der Waals surface area contributed by atoms with Gasteiger partial charge in [-0.3, -0.25) is 4.79 Å². The molecule has 1 aliphatic rings. The molecule has 1 aliphatic heterocycles. The molecule has 1 amide bonds. The number of rotatable bonds is 2. The van der Waals surface area contributed by atoms with Crippen molar-refractivity contribution in [3.63, 3.8) is 0 Å². The standard InChI is InChI=1S/C16H16N2O4S/c1-10-4-6-15-13(8-10)17-16(19)12-9-11(5-7-14(12)22-15)23(20,21)18(2)3/h4-9H,1-3H3,(H,17,19). The normalized spacial score (nSPS) is 13.7. The van der Waals surface area contributed by atoms with Gasteiger partial charge in [0.05, 0.1) is 16.1 Å². The van der Waals surface area contributed by atoms with Crippen molar-refractivity contribution in [2.45, 2.75) is 11.8 Å². The van der Waals surface area contributed by atoms with Gasteiger partial charge in [0.15, 0.2) is 5.75 Å². The molecule has 0 radical (unpaired) electrons. The number of hydrogen-bond acceptors (Lipinski definition) is 4. The van der Waals surface area contributed by atoms with Crippen LogP contribution in [0, 0.1) is 6.92 Å². The van der Waals surface area contributed by atoms with E-state index in [1.165, 1.54) is 32.3 Å². The number of fused-ring (bicyclic) bond motifs is 2. The van der Waals surface area contributed by atoms with E-state index in [9.17, 15) is 13.2 Å². The third-order valence-electron chi connectivity index (χ3n) is 3.58. The lowest BCUT2D eigenvalue weighted by Gasteiger charge is -2.13. The van der Waals surface area contributed by atoms with Gasteiger partial charge in [-0.05, 0) is 42.8 Å². The molecule has 6 nitrogen and oxygen atoms in total. The average molecular weight is 332 g/mol. The van der Waals surface area contributed by atoms with Crippen molar-refractivity contribution in [1.29, 1.82) is 0 Å². The minimum absolute atomic E-state index is 0.0436. The van der Waals surface area contributed by atoms with Crippen LogP contribution in [0.5, 0.6) is 11.5 Å². The summed E-state index contributed by atoms with van der Waals surface area (Å²) in [6.07, 6.45) is 0. The van der Waals surface area contributed by atoms with Gasteiger partial charge in [-0.15, -0.1) is 0 Å². The molecule has 7 heteroatoms. The minimum Gasteiger partial charge on any atom is -0.454 e. The fourth-order valence-electron chi connectivity index (χ4n) is 2.29. The fourth-order valence-corrected chi connectivity index (χ4v) is 3.21. The van der Waals surface area contributed by atoms with E-state index in [2.05, 4.69) is 5.32 Å². The zero-order chi connectivity index (χ0) is 16.8. The Morgan fingerprint density at radius 2 is 1.74 bits per heavy atom. The number of ether oxygens (including phenoxy) is 1. The minimum atomic E-state index is -3.62. The molecule has 2 aromatic carbocycles. The molecule has 0 unspecified atom stereocenters. The van der Waals surface area contributed by atoms with E-state index in [1.807, 2.05) is 13.0 Å². The summed E-state index contributed by atoms with van der Waals surface area (Å²) in [7, 11) is -0.741. The van der Waals surface area contributed by atoms with Crippen LogP contribution in [0.3, 0.4) is 0 Å². The number of carbonyl (C=O) groups excluding carboxylic acids is 1. The predicted octanol–water partition coefficient (Wildman–Crippen LogP) is 2.60. The lowest BCUT2D eigenvalue weighted by atomic mass is 10.2. The number of carbonyl (C=O) groups is 1. The monoisotopic (exact) mass is 332 g/mol. The number of sulfonamides is 1. The second kappa shape index (κ2) is 5.36. The van der Waals surface area contributed by atoms with Gasteiger partial charge in [0.2, 0.25) is 10.0 Å². The molecular formula is C16H16N2O4S.